The molecule has 0 heterocycles. The smallest absolute Gasteiger partial charge is 0.0546 e. The molecule has 0 bridgehead atoms. The second-order valence-corrected chi connectivity index (χ2v) is 5.51. The zero-order valence-corrected chi connectivity index (χ0v) is 11.6. The molecular weight excluding hydrogens is 224 g/mol. The van der Waals surface area contributed by atoms with E-state index in [4.69, 9.17) is 0 Å². The highest BCUT2D eigenvalue weighted by Crippen LogP contribution is 2.29. The molecular formula is C15H24N2O. The molecule has 0 spiro atoms. The van der Waals surface area contributed by atoms with Gasteiger partial charge < -0.3 is 15.3 Å². The Hall–Kier alpha value is -1.06. The molecule has 1 aliphatic carbocycles. The van der Waals surface area contributed by atoms with Gasteiger partial charge in [-0.3, -0.25) is 0 Å². The predicted octanol–water partition coefficient (Wildman–Crippen LogP) is 1.92. The molecule has 1 aromatic rings. The van der Waals surface area contributed by atoms with Crippen molar-refractivity contribution in [2.75, 3.05) is 25.5 Å². The molecule has 0 aliphatic heterocycles. The molecule has 2 rings (SSSR count). The zero-order valence-electron chi connectivity index (χ0n) is 11.6. The van der Waals surface area contributed by atoms with Gasteiger partial charge >= 0.3 is 0 Å². The molecule has 0 aromatic heterocycles. The van der Waals surface area contributed by atoms with Gasteiger partial charge in [0, 0.05) is 25.8 Å². The number of aryl methyl sites for hydroxylation is 1. The molecule has 0 atom stereocenters. The first-order chi connectivity index (χ1) is 8.60. The summed E-state index contributed by atoms with van der Waals surface area (Å²) in [5.41, 5.74) is 3.96. The van der Waals surface area contributed by atoms with Crippen LogP contribution in [0.25, 0.3) is 0 Å². The van der Waals surface area contributed by atoms with E-state index in [1.54, 1.807) is 0 Å². The average Bonchev–Trinajstić information content (AvgIpc) is 2.30. The highest BCUT2D eigenvalue weighted by atomic mass is 16.3. The highest BCUT2D eigenvalue weighted by Gasteiger charge is 2.27. The molecule has 3 nitrogen and oxygen atoms in total. The summed E-state index contributed by atoms with van der Waals surface area (Å²) in [6.45, 7) is 4.13. The van der Waals surface area contributed by atoms with E-state index in [1.807, 2.05) is 7.05 Å². The molecule has 0 unspecified atom stereocenters. The molecule has 2 N–H and O–H groups in total. The van der Waals surface area contributed by atoms with Crippen molar-refractivity contribution in [3.05, 3.63) is 29.3 Å². The summed E-state index contributed by atoms with van der Waals surface area (Å²) < 4.78 is 0. The molecule has 0 amide bonds. The lowest BCUT2D eigenvalue weighted by Gasteiger charge is -2.35. The third kappa shape index (κ3) is 3.03. The highest BCUT2D eigenvalue weighted by molar-refractivity contribution is 5.50. The van der Waals surface area contributed by atoms with Crippen LogP contribution in [-0.2, 0) is 6.54 Å². The van der Waals surface area contributed by atoms with Crippen molar-refractivity contribution in [3.8, 4) is 0 Å². The summed E-state index contributed by atoms with van der Waals surface area (Å²) in [4.78, 5) is 2.30. The first-order valence-corrected chi connectivity index (χ1v) is 6.73. The molecule has 1 fully saturated rings. The van der Waals surface area contributed by atoms with Crippen LogP contribution < -0.4 is 10.2 Å². The normalized spacial score (nSPS) is 22.7. The van der Waals surface area contributed by atoms with Gasteiger partial charge in [-0.05, 0) is 56.0 Å². The summed E-state index contributed by atoms with van der Waals surface area (Å²) in [5, 5.41) is 12.5. The van der Waals surface area contributed by atoms with Gasteiger partial charge in [0.1, 0.15) is 0 Å². The lowest BCUT2D eigenvalue weighted by Crippen LogP contribution is -2.37. The van der Waals surface area contributed by atoms with E-state index in [9.17, 15) is 5.11 Å². The van der Waals surface area contributed by atoms with Gasteiger partial charge in [-0.15, -0.1) is 0 Å². The van der Waals surface area contributed by atoms with Crippen molar-refractivity contribution in [1.82, 2.24) is 5.32 Å². The summed E-state index contributed by atoms with van der Waals surface area (Å²) in [6, 6.07) is 6.64. The van der Waals surface area contributed by atoms with Crippen LogP contribution in [0.1, 0.15) is 24.0 Å². The Labute approximate surface area is 110 Å². The first-order valence-electron chi connectivity index (χ1n) is 6.73. The number of hydrogen-bond donors (Lipinski definition) is 2. The van der Waals surface area contributed by atoms with Crippen molar-refractivity contribution >= 4 is 5.69 Å². The molecule has 100 valence electrons. The van der Waals surface area contributed by atoms with Crippen LogP contribution in [0.15, 0.2) is 18.2 Å². The second-order valence-electron chi connectivity index (χ2n) is 5.51. The number of aliphatic hydroxyl groups is 1. The Balaban J connectivity index is 1.97. The third-order valence-electron chi connectivity index (χ3n) is 3.88. The average molecular weight is 248 g/mol. The Bertz CT molecular complexity index is 399. The molecule has 18 heavy (non-hydrogen) atoms. The van der Waals surface area contributed by atoms with Crippen molar-refractivity contribution in [1.29, 1.82) is 0 Å². The maximum atomic E-state index is 9.32. The van der Waals surface area contributed by atoms with Gasteiger partial charge in [-0.2, -0.15) is 0 Å². The largest absolute Gasteiger partial charge is 0.393 e. The van der Waals surface area contributed by atoms with Gasteiger partial charge in [0.15, 0.2) is 0 Å². The molecule has 1 aromatic carbocycles. The Kier molecular flexibility index (Phi) is 4.25. The first kappa shape index (κ1) is 13.4. The number of nitrogens with one attached hydrogen (secondary N) is 1. The van der Waals surface area contributed by atoms with Crippen LogP contribution in [0.2, 0.25) is 0 Å². The maximum absolute atomic E-state index is 9.32. The van der Waals surface area contributed by atoms with Crippen LogP contribution in [-0.4, -0.2) is 31.9 Å². The standard InChI is InChI=1S/C15H24N2O/c1-11-6-14(5-4-13(11)9-16-2)17(3)10-12-7-15(18)8-12/h4-6,12,15-16,18H,7-10H2,1-3H3. The fraction of sp³-hybridized carbons (Fsp3) is 0.600. The Morgan fingerprint density at radius 1 is 1.39 bits per heavy atom. The number of rotatable bonds is 5. The molecule has 1 saturated carbocycles. The Morgan fingerprint density at radius 3 is 2.67 bits per heavy atom. The van der Waals surface area contributed by atoms with Crippen molar-refractivity contribution in [2.45, 2.75) is 32.4 Å². The third-order valence-corrected chi connectivity index (χ3v) is 3.88. The van der Waals surface area contributed by atoms with Gasteiger partial charge in [-0.25, -0.2) is 0 Å². The summed E-state index contributed by atoms with van der Waals surface area (Å²) in [7, 11) is 4.11. The maximum Gasteiger partial charge on any atom is 0.0546 e. The van der Waals surface area contributed by atoms with Gasteiger partial charge in [-0.1, -0.05) is 6.07 Å². The fourth-order valence-electron chi connectivity index (χ4n) is 2.65. The van der Waals surface area contributed by atoms with Crippen molar-refractivity contribution in [3.63, 3.8) is 0 Å². The monoisotopic (exact) mass is 248 g/mol. The van der Waals surface area contributed by atoms with Crippen molar-refractivity contribution in [2.24, 2.45) is 5.92 Å². The molecule has 0 saturated heterocycles. The van der Waals surface area contributed by atoms with Crippen LogP contribution in [0, 0.1) is 12.8 Å². The van der Waals surface area contributed by atoms with E-state index in [1.165, 1.54) is 16.8 Å². The molecule has 0 radical (unpaired) electrons. The van der Waals surface area contributed by atoms with E-state index < -0.39 is 0 Å². The minimum Gasteiger partial charge on any atom is -0.393 e. The van der Waals surface area contributed by atoms with E-state index in [0.29, 0.717) is 5.92 Å². The van der Waals surface area contributed by atoms with Crippen LogP contribution in [0.5, 0.6) is 0 Å². The number of benzene rings is 1. The minimum atomic E-state index is -0.0526. The summed E-state index contributed by atoms with van der Waals surface area (Å²) >= 11 is 0. The number of anilines is 1. The quantitative estimate of drug-likeness (QED) is 0.835. The van der Waals surface area contributed by atoms with Crippen LogP contribution in [0.4, 0.5) is 5.69 Å². The zero-order chi connectivity index (χ0) is 13.1. The van der Waals surface area contributed by atoms with Gasteiger partial charge in [0.05, 0.1) is 6.10 Å². The van der Waals surface area contributed by atoms with Crippen LogP contribution in [0.3, 0.4) is 0 Å². The summed E-state index contributed by atoms with van der Waals surface area (Å²) in [5.74, 6) is 0.655. The van der Waals surface area contributed by atoms with E-state index in [2.05, 4.69) is 42.4 Å². The van der Waals surface area contributed by atoms with Gasteiger partial charge in [0.2, 0.25) is 0 Å². The van der Waals surface area contributed by atoms with E-state index in [-0.39, 0.29) is 6.10 Å². The summed E-state index contributed by atoms with van der Waals surface area (Å²) in [6.07, 6.45) is 1.87. The SMILES string of the molecule is CNCc1ccc(N(C)CC2CC(O)C2)cc1C. The Morgan fingerprint density at radius 2 is 2.11 bits per heavy atom. The van der Waals surface area contributed by atoms with E-state index in [0.717, 1.165) is 25.9 Å². The minimum absolute atomic E-state index is 0.0526. The lowest BCUT2D eigenvalue weighted by molar-refractivity contribution is 0.0465. The van der Waals surface area contributed by atoms with E-state index >= 15 is 0 Å². The number of aliphatic hydroxyl groups excluding tert-OH is 1. The molecule has 1 aliphatic rings. The topological polar surface area (TPSA) is 35.5 Å². The van der Waals surface area contributed by atoms with Crippen molar-refractivity contribution < 1.29 is 5.11 Å². The van der Waals surface area contributed by atoms with Gasteiger partial charge in [0.25, 0.3) is 0 Å². The second kappa shape index (κ2) is 5.72. The van der Waals surface area contributed by atoms with Crippen LogP contribution >= 0.6 is 0 Å². The fourth-order valence-corrected chi connectivity index (χ4v) is 2.65. The predicted molar refractivity (Wildman–Crippen MR) is 75.9 cm³/mol. The lowest BCUT2D eigenvalue weighted by atomic mass is 9.82. The molecule has 3 heteroatoms. The number of hydrogen-bond acceptors (Lipinski definition) is 3. The number of nitrogens with zero attached hydrogens (tertiary/aromatic N) is 1.